The summed E-state index contributed by atoms with van der Waals surface area (Å²) < 4.78 is 21.4. The molecule has 3 aromatic rings. The van der Waals surface area contributed by atoms with Crippen molar-refractivity contribution < 1.29 is 23.4 Å². The van der Waals surface area contributed by atoms with Gasteiger partial charge in [-0.2, -0.15) is 0 Å². The predicted molar refractivity (Wildman–Crippen MR) is 103 cm³/mol. The standard InChI is InChI=1S/C21H20N2O5/c1-14(20-22-23-21(28-20)16-7-5-4-6-8-16)27-19(24)10-9-15-11-17(25-2)13-18(12-15)26-3/h4-14H,1-3H3/b10-9+/t14-/m1/s1. The number of hydrogen-bond acceptors (Lipinski definition) is 7. The van der Waals surface area contributed by atoms with Crippen molar-refractivity contribution in [3.8, 4) is 23.0 Å². The first-order valence-electron chi connectivity index (χ1n) is 8.59. The Labute approximate surface area is 162 Å². The number of ether oxygens (including phenoxy) is 3. The van der Waals surface area contributed by atoms with Gasteiger partial charge in [0.2, 0.25) is 5.89 Å². The van der Waals surface area contributed by atoms with Crippen LogP contribution in [0, 0.1) is 0 Å². The fourth-order valence-electron chi connectivity index (χ4n) is 2.45. The Balaban J connectivity index is 1.65. The summed E-state index contributed by atoms with van der Waals surface area (Å²) in [6.07, 6.45) is 2.25. The first kappa shape index (κ1) is 19.2. The Morgan fingerprint density at radius 1 is 1.04 bits per heavy atom. The highest BCUT2D eigenvalue weighted by molar-refractivity contribution is 5.87. The predicted octanol–water partition coefficient (Wildman–Crippen LogP) is 4.07. The van der Waals surface area contributed by atoms with Crippen molar-refractivity contribution in [2.24, 2.45) is 0 Å². The monoisotopic (exact) mass is 380 g/mol. The van der Waals surface area contributed by atoms with Crippen LogP contribution >= 0.6 is 0 Å². The second kappa shape index (κ2) is 8.85. The molecule has 7 nitrogen and oxygen atoms in total. The van der Waals surface area contributed by atoms with E-state index in [1.165, 1.54) is 6.08 Å². The Hall–Kier alpha value is -3.61. The van der Waals surface area contributed by atoms with Crippen molar-refractivity contribution in [3.63, 3.8) is 0 Å². The molecule has 0 aliphatic carbocycles. The van der Waals surface area contributed by atoms with Gasteiger partial charge in [-0.15, -0.1) is 10.2 Å². The molecule has 0 N–H and O–H groups in total. The molecule has 0 aliphatic heterocycles. The molecule has 2 aromatic carbocycles. The largest absolute Gasteiger partial charge is 0.497 e. The molecule has 0 spiro atoms. The molecule has 0 amide bonds. The van der Waals surface area contributed by atoms with Gasteiger partial charge in [0, 0.05) is 17.7 Å². The zero-order valence-electron chi connectivity index (χ0n) is 15.8. The van der Waals surface area contributed by atoms with Crippen LogP contribution < -0.4 is 9.47 Å². The lowest BCUT2D eigenvalue weighted by molar-refractivity contribution is -0.143. The van der Waals surface area contributed by atoms with Crippen molar-refractivity contribution in [2.45, 2.75) is 13.0 Å². The van der Waals surface area contributed by atoms with E-state index in [0.29, 0.717) is 17.4 Å². The Bertz CT molecular complexity index is 944. The molecule has 28 heavy (non-hydrogen) atoms. The fraction of sp³-hybridized carbons (Fsp3) is 0.190. The SMILES string of the molecule is COc1cc(/C=C/C(=O)O[C@H](C)c2nnc(-c3ccccc3)o2)cc(OC)c1. The van der Waals surface area contributed by atoms with Gasteiger partial charge in [0.15, 0.2) is 6.10 Å². The van der Waals surface area contributed by atoms with Crippen molar-refractivity contribution >= 4 is 12.0 Å². The number of esters is 1. The van der Waals surface area contributed by atoms with Gasteiger partial charge < -0.3 is 18.6 Å². The fourth-order valence-corrected chi connectivity index (χ4v) is 2.45. The number of carbonyl (C=O) groups is 1. The Kier molecular flexibility index (Phi) is 6.06. The van der Waals surface area contributed by atoms with Crippen LogP contribution in [-0.2, 0) is 9.53 Å². The van der Waals surface area contributed by atoms with Crippen LogP contribution in [0.2, 0.25) is 0 Å². The molecule has 0 unspecified atom stereocenters. The number of hydrogen-bond donors (Lipinski definition) is 0. The minimum atomic E-state index is -0.679. The molecule has 1 atom stereocenters. The van der Waals surface area contributed by atoms with Gasteiger partial charge >= 0.3 is 5.97 Å². The van der Waals surface area contributed by atoms with E-state index in [0.717, 1.165) is 11.1 Å². The molecule has 0 saturated carbocycles. The van der Waals surface area contributed by atoms with Crippen LogP contribution in [0.3, 0.4) is 0 Å². The van der Waals surface area contributed by atoms with E-state index in [4.69, 9.17) is 18.6 Å². The van der Waals surface area contributed by atoms with Crippen LogP contribution in [0.4, 0.5) is 0 Å². The van der Waals surface area contributed by atoms with Gasteiger partial charge in [0.25, 0.3) is 5.89 Å². The summed E-state index contributed by atoms with van der Waals surface area (Å²) in [5.41, 5.74) is 1.54. The molecule has 0 bridgehead atoms. The second-order valence-electron chi connectivity index (χ2n) is 5.87. The van der Waals surface area contributed by atoms with Gasteiger partial charge in [0.05, 0.1) is 14.2 Å². The number of aromatic nitrogens is 2. The minimum absolute atomic E-state index is 0.226. The lowest BCUT2D eigenvalue weighted by Gasteiger charge is -2.07. The maximum Gasteiger partial charge on any atom is 0.331 e. The smallest absolute Gasteiger partial charge is 0.331 e. The third-order valence-electron chi connectivity index (χ3n) is 3.89. The Morgan fingerprint density at radius 3 is 2.36 bits per heavy atom. The highest BCUT2D eigenvalue weighted by Crippen LogP contribution is 2.24. The molecule has 0 saturated heterocycles. The van der Waals surface area contributed by atoms with Crippen LogP contribution in [0.5, 0.6) is 11.5 Å². The molecule has 3 rings (SSSR count). The zero-order chi connectivity index (χ0) is 19.9. The summed E-state index contributed by atoms with van der Waals surface area (Å²) in [5, 5.41) is 7.95. The topological polar surface area (TPSA) is 83.7 Å². The number of rotatable bonds is 7. The average molecular weight is 380 g/mol. The summed E-state index contributed by atoms with van der Waals surface area (Å²) in [7, 11) is 3.12. The lowest BCUT2D eigenvalue weighted by Crippen LogP contribution is -2.06. The first-order chi connectivity index (χ1) is 13.6. The maximum atomic E-state index is 12.1. The molecule has 1 aromatic heterocycles. The van der Waals surface area contributed by atoms with E-state index >= 15 is 0 Å². The summed E-state index contributed by atoms with van der Waals surface area (Å²) in [5.74, 6) is 1.31. The van der Waals surface area contributed by atoms with Gasteiger partial charge in [-0.3, -0.25) is 0 Å². The maximum absolute atomic E-state index is 12.1. The number of benzene rings is 2. The van der Waals surface area contributed by atoms with E-state index in [1.54, 1.807) is 45.4 Å². The number of nitrogens with zero attached hydrogens (tertiary/aromatic N) is 2. The summed E-state index contributed by atoms with van der Waals surface area (Å²) in [6.45, 7) is 1.67. The van der Waals surface area contributed by atoms with Crippen molar-refractivity contribution in [2.75, 3.05) is 14.2 Å². The minimum Gasteiger partial charge on any atom is -0.497 e. The summed E-state index contributed by atoms with van der Waals surface area (Å²) in [6, 6.07) is 14.7. The van der Waals surface area contributed by atoms with E-state index < -0.39 is 12.1 Å². The normalized spacial score (nSPS) is 12.0. The van der Waals surface area contributed by atoms with Gasteiger partial charge in [-0.1, -0.05) is 18.2 Å². The van der Waals surface area contributed by atoms with Crippen molar-refractivity contribution in [1.29, 1.82) is 0 Å². The van der Waals surface area contributed by atoms with Crippen molar-refractivity contribution in [1.82, 2.24) is 10.2 Å². The molecular formula is C21H20N2O5. The lowest BCUT2D eigenvalue weighted by atomic mass is 10.2. The quantitative estimate of drug-likeness (QED) is 0.451. The molecule has 0 radical (unpaired) electrons. The molecule has 0 fully saturated rings. The van der Waals surface area contributed by atoms with Crippen LogP contribution in [0.15, 0.2) is 59.0 Å². The van der Waals surface area contributed by atoms with Gasteiger partial charge in [-0.25, -0.2) is 4.79 Å². The third kappa shape index (κ3) is 4.76. The van der Waals surface area contributed by atoms with E-state index in [1.807, 2.05) is 30.3 Å². The van der Waals surface area contributed by atoms with Gasteiger partial charge in [-0.05, 0) is 42.8 Å². The van der Waals surface area contributed by atoms with Crippen LogP contribution in [0.25, 0.3) is 17.5 Å². The molecule has 7 heteroatoms. The van der Waals surface area contributed by atoms with Crippen molar-refractivity contribution in [3.05, 3.63) is 66.1 Å². The molecule has 144 valence electrons. The molecular weight excluding hydrogens is 360 g/mol. The highest BCUT2D eigenvalue weighted by Gasteiger charge is 2.18. The van der Waals surface area contributed by atoms with E-state index in [2.05, 4.69) is 10.2 Å². The van der Waals surface area contributed by atoms with Gasteiger partial charge in [0.1, 0.15) is 11.5 Å². The molecule has 1 heterocycles. The van der Waals surface area contributed by atoms with E-state index in [-0.39, 0.29) is 5.89 Å². The van der Waals surface area contributed by atoms with E-state index in [9.17, 15) is 4.79 Å². The second-order valence-corrected chi connectivity index (χ2v) is 5.87. The highest BCUT2D eigenvalue weighted by atomic mass is 16.6. The number of methoxy groups -OCH3 is 2. The average Bonchev–Trinajstić information content (AvgIpc) is 3.23. The van der Waals surface area contributed by atoms with Crippen LogP contribution in [-0.4, -0.2) is 30.4 Å². The Morgan fingerprint density at radius 2 is 1.71 bits per heavy atom. The first-order valence-corrected chi connectivity index (χ1v) is 8.59. The van der Waals surface area contributed by atoms with Crippen LogP contribution in [0.1, 0.15) is 24.5 Å². The summed E-state index contributed by atoms with van der Waals surface area (Å²) >= 11 is 0. The zero-order valence-corrected chi connectivity index (χ0v) is 15.8. The third-order valence-corrected chi connectivity index (χ3v) is 3.89. The summed E-state index contributed by atoms with van der Waals surface area (Å²) in [4.78, 5) is 12.1. The molecule has 0 aliphatic rings. The number of carbonyl (C=O) groups excluding carboxylic acids is 1.